The molecule has 19 heavy (non-hydrogen) atoms. The van der Waals surface area contributed by atoms with Crippen molar-refractivity contribution >= 4 is 10.8 Å². The maximum atomic E-state index is 14.1. The van der Waals surface area contributed by atoms with Crippen LogP contribution in [0.15, 0.2) is 36.4 Å². The van der Waals surface area contributed by atoms with Gasteiger partial charge in [-0.15, -0.1) is 0 Å². The van der Waals surface area contributed by atoms with E-state index >= 15 is 0 Å². The Bertz CT molecular complexity index is 560. The summed E-state index contributed by atoms with van der Waals surface area (Å²) in [5.41, 5.74) is 1.07. The molecule has 0 radical (unpaired) electrons. The highest BCUT2D eigenvalue weighted by molar-refractivity contribution is 5.83. The van der Waals surface area contributed by atoms with Crippen LogP contribution in [-0.4, -0.2) is 31.1 Å². The van der Waals surface area contributed by atoms with Crippen molar-refractivity contribution in [3.8, 4) is 0 Å². The number of hydrogen-bond donors (Lipinski definition) is 1. The Morgan fingerprint density at radius 2 is 2.00 bits per heavy atom. The van der Waals surface area contributed by atoms with E-state index < -0.39 is 0 Å². The van der Waals surface area contributed by atoms with Crippen LogP contribution in [0.3, 0.4) is 0 Å². The largest absolute Gasteiger partial charge is 0.315 e. The average Bonchev–Trinajstić information content (AvgIpc) is 2.67. The first-order valence-electron chi connectivity index (χ1n) is 6.93. The summed E-state index contributed by atoms with van der Waals surface area (Å²) in [6, 6.07) is 11.4. The minimum absolute atomic E-state index is 0.110. The van der Waals surface area contributed by atoms with Crippen LogP contribution in [0.5, 0.6) is 0 Å². The number of nitrogens with one attached hydrogen (secondary N) is 1. The molecule has 2 nitrogen and oxygen atoms in total. The summed E-state index contributed by atoms with van der Waals surface area (Å²) in [7, 11) is 0. The quantitative estimate of drug-likeness (QED) is 0.891. The molecule has 0 unspecified atom stereocenters. The molecular formula is C16H19FN2. The Labute approximate surface area is 113 Å². The summed E-state index contributed by atoms with van der Waals surface area (Å²) in [6.45, 7) is 5.07. The standard InChI is InChI=1S/C16H19FN2/c17-16-11-13(10-14-4-1-2-5-15(14)16)12-19-8-3-6-18-7-9-19/h1-2,4-5,10-11,18H,3,6-9,12H2. The van der Waals surface area contributed by atoms with E-state index in [1.54, 1.807) is 6.07 Å². The van der Waals surface area contributed by atoms with Gasteiger partial charge in [0.25, 0.3) is 0 Å². The summed E-state index contributed by atoms with van der Waals surface area (Å²) in [5.74, 6) is -0.110. The van der Waals surface area contributed by atoms with Crippen molar-refractivity contribution in [1.82, 2.24) is 10.2 Å². The van der Waals surface area contributed by atoms with Crippen LogP contribution in [0.2, 0.25) is 0 Å². The molecule has 0 aromatic heterocycles. The van der Waals surface area contributed by atoms with Crippen molar-refractivity contribution in [2.75, 3.05) is 26.2 Å². The van der Waals surface area contributed by atoms with E-state index in [1.807, 2.05) is 24.3 Å². The second kappa shape index (κ2) is 5.68. The number of rotatable bonds is 2. The van der Waals surface area contributed by atoms with Gasteiger partial charge in [0.05, 0.1) is 0 Å². The van der Waals surface area contributed by atoms with Gasteiger partial charge in [-0.3, -0.25) is 4.90 Å². The van der Waals surface area contributed by atoms with Crippen LogP contribution < -0.4 is 5.32 Å². The lowest BCUT2D eigenvalue weighted by Gasteiger charge is -2.19. The summed E-state index contributed by atoms with van der Waals surface area (Å²) >= 11 is 0. The molecular weight excluding hydrogens is 239 g/mol. The monoisotopic (exact) mass is 258 g/mol. The molecule has 0 saturated carbocycles. The zero-order valence-electron chi connectivity index (χ0n) is 11.0. The fourth-order valence-corrected chi connectivity index (χ4v) is 2.73. The highest BCUT2D eigenvalue weighted by Crippen LogP contribution is 2.20. The van der Waals surface area contributed by atoms with Crippen molar-refractivity contribution in [3.05, 3.63) is 47.8 Å². The maximum Gasteiger partial charge on any atom is 0.131 e. The van der Waals surface area contributed by atoms with E-state index in [1.165, 1.54) is 0 Å². The van der Waals surface area contributed by atoms with Gasteiger partial charge in [-0.2, -0.15) is 0 Å². The van der Waals surface area contributed by atoms with E-state index in [0.29, 0.717) is 5.39 Å². The minimum atomic E-state index is -0.110. The van der Waals surface area contributed by atoms with Crippen molar-refractivity contribution in [1.29, 1.82) is 0 Å². The fraction of sp³-hybridized carbons (Fsp3) is 0.375. The third-order valence-electron chi connectivity index (χ3n) is 3.71. The predicted molar refractivity (Wildman–Crippen MR) is 76.7 cm³/mol. The van der Waals surface area contributed by atoms with Crippen LogP contribution >= 0.6 is 0 Å². The van der Waals surface area contributed by atoms with Crippen LogP contribution in [0.25, 0.3) is 10.8 Å². The average molecular weight is 258 g/mol. The molecule has 0 spiro atoms. The van der Waals surface area contributed by atoms with Crippen molar-refractivity contribution in [2.24, 2.45) is 0 Å². The summed E-state index contributed by atoms with van der Waals surface area (Å²) in [4.78, 5) is 2.39. The van der Waals surface area contributed by atoms with E-state index in [0.717, 1.165) is 50.1 Å². The Kier molecular flexibility index (Phi) is 3.76. The highest BCUT2D eigenvalue weighted by atomic mass is 19.1. The zero-order valence-corrected chi connectivity index (χ0v) is 11.0. The number of nitrogens with zero attached hydrogens (tertiary/aromatic N) is 1. The Morgan fingerprint density at radius 1 is 1.11 bits per heavy atom. The van der Waals surface area contributed by atoms with Gasteiger partial charge < -0.3 is 5.32 Å². The van der Waals surface area contributed by atoms with Gasteiger partial charge in [0.1, 0.15) is 5.82 Å². The normalized spacial score (nSPS) is 17.5. The third kappa shape index (κ3) is 2.94. The number of fused-ring (bicyclic) bond motifs is 1. The fourth-order valence-electron chi connectivity index (χ4n) is 2.73. The Hall–Kier alpha value is -1.45. The van der Waals surface area contributed by atoms with Gasteiger partial charge in [0.2, 0.25) is 0 Å². The van der Waals surface area contributed by atoms with Crippen LogP contribution in [-0.2, 0) is 6.54 Å². The molecule has 1 saturated heterocycles. The predicted octanol–water partition coefficient (Wildman–Crippen LogP) is 2.77. The summed E-state index contributed by atoms with van der Waals surface area (Å²) < 4.78 is 14.1. The van der Waals surface area contributed by atoms with E-state index in [9.17, 15) is 4.39 Å². The molecule has 0 bridgehead atoms. The van der Waals surface area contributed by atoms with Gasteiger partial charge in [-0.1, -0.05) is 24.3 Å². The van der Waals surface area contributed by atoms with Gasteiger partial charge in [-0.25, -0.2) is 4.39 Å². The molecule has 0 amide bonds. The number of hydrogen-bond acceptors (Lipinski definition) is 2. The van der Waals surface area contributed by atoms with Crippen LogP contribution in [0.4, 0.5) is 4.39 Å². The smallest absolute Gasteiger partial charge is 0.131 e. The van der Waals surface area contributed by atoms with Gasteiger partial charge >= 0.3 is 0 Å². The molecule has 1 aliphatic rings. The molecule has 2 aromatic carbocycles. The Balaban J connectivity index is 1.84. The third-order valence-corrected chi connectivity index (χ3v) is 3.71. The second-order valence-electron chi connectivity index (χ2n) is 5.18. The minimum Gasteiger partial charge on any atom is -0.315 e. The maximum absolute atomic E-state index is 14.1. The van der Waals surface area contributed by atoms with Crippen LogP contribution in [0.1, 0.15) is 12.0 Å². The lowest BCUT2D eigenvalue weighted by molar-refractivity contribution is 0.284. The number of benzene rings is 2. The molecule has 3 rings (SSSR count). The molecule has 3 heteroatoms. The summed E-state index contributed by atoms with van der Waals surface area (Å²) in [5, 5.41) is 5.09. The lowest BCUT2D eigenvalue weighted by Crippen LogP contribution is -2.27. The summed E-state index contributed by atoms with van der Waals surface area (Å²) in [6.07, 6.45) is 1.16. The SMILES string of the molecule is Fc1cc(CN2CCCNCC2)cc2ccccc12. The van der Waals surface area contributed by atoms with E-state index in [2.05, 4.69) is 16.3 Å². The van der Waals surface area contributed by atoms with Crippen LogP contribution in [0, 0.1) is 5.82 Å². The van der Waals surface area contributed by atoms with Crippen molar-refractivity contribution in [3.63, 3.8) is 0 Å². The Morgan fingerprint density at radius 3 is 2.95 bits per heavy atom. The van der Waals surface area contributed by atoms with Crippen molar-refractivity contribution < 1.29 is 4.39 Å². The first-order valence-corrected chi connectivity index (χ1v) is 6.93. The van der Waals surface area contributed by atoms with Gasteiger partial charge in [-0.05, 0) is 42.6 Å². The number of halogens is 1. The topological polar surface area (TPSA) is 15.3 Å². The first-order chi connectivity index (χ1) is 9.33. The van der Waals surface area contributed by atoms with Gasteiger partial charge in [0.15, 0.2) is 0 Å². The molecule has 1 heterocycles. The molecule has 2 aromatic rings. The molecule has 0 atom stereocenters. The molecule has 1 N–H and O–H groups in total. The second-order valence-corrected chi connectivity index (χ2v) is 5.18. The molecule has 1 aliphatic heterocycles. The van der Waals surface area contributed by atoms with E-state index in [-0.39, 0.29) is 5.82 Å². The van der Waals surface area contributed by atoms with Gasteiger partial charge in [0, 0.05) is 25.0 Å². The van der Waals surface area contributed by atoms with E-state index in [4.69, 9.17) is 0 Å². The lowest BCUT2D eigenvalue weighted by atomic mass is 10.1. The zero-order chi connectivity index (χ0) is 13.1. The molecule has 1 fully saturated rings. The molecule has 0 aliphatic carbocycles. The first kappa shape index (κ1) is 12.6. The molecule has 100 valence electrons. The highest BCUT2D eigenvalue weighted by Gasteiger charge is 2.10. The van der Waals surface area contributed by atoms with Crippen molar-refractivity contribution in [2.45, 2.75) is 13.0 Å².